The van der Waals surface area contributed by atoms with E-state index in [1.165, 1.54) is 43.5 Å². The van der Waals surface area contributed by atoms with Crippen molar-refractivity contribution in [1.29, 1.82) is 0 Å². The summed E-state index contributed by atoms with van der Waals surface area (Å²) in [6.07, 6.45) is 5.97. The van der Waals surface area contributed by atoms with Crippen LogP contribution in [-0.4, -0.2) is 13.1 Å². The SMILES string of the molecule is CCN(CC1CC2CCC1C2)c1ccc(CN)cc1. The molecule has 2 nitrogen and oxygen atoms in total. The van der Waals surface area contributed by atoms with Gasteiger partial charge in [-0.15, -0.1) is 0 Å². The molecule has 0 radical (unpaired) electrons. The van der Waals surface area contributed by atoms with Gasteiger partial charge in [-0.05, 0) is 61.6 Å². The maximum absolute atomic E-state index is 5.67. The molecule has 0 aromatic heterocycles. The van der Waals surface area contributed by atoms with Crippen LogP contribution in [0.1, 0.15) is 38.2 Å². The third-order valence-corrected chi connectivity index (χ3v) is 5.26. The molecule has 2 bridgehead atoms. The number of hydrogen-bond acceptors (Lipinski definition) is 2. The zero-order valence-corrected chi connectivity index (χ0v) is 12.0. The summed E-state index contributed by atoms with van der Waals surface area (Å²) in [6.45, 7) is 5.26. The summed E-state index contributed by atoms with van der Waals surface area (Å²) >= 11 is 0. The van der Waals surface area contributed by atoms with E-state index >= 15 is 0 Å². The number of rotatable bonds is 5. The van der Waals surface area contributed by atoms with Crippen LogP contribution >= 0.6 is 0 Å². The summed E-state index contributed by atoms with van der Waals surface area (Å²) in [4.78, 5) is 2.55. The molecule has 2 N–H and O–H groups in total. The third-order valence-electron chi connectivity index (χ3n) is 5.26. The normalized spacial score (nSPS) is 28.8. The van der Waals surface area contributed by atoms with Gasteiger partial charge < -0.3 is 10.6 Å². The van der Waals surface area contributed by atoms with Crippen LogP contribution in [0.25, 0.3) is 0 Å². The monoisotopic (exact) mass is 258 g/mol. The van der Waals surface area contributed by atoms with E-state index in [1.807, 2.05) is 0 Å². The van der Waals surface area contributed by atoms with Gasteiger partial charge in [0.2, 0.25) is 0 Å². The summed E-state index contributed by atoms with van der Waals surface area (Å²) in [7, 11) is 0. The van der Waals surface area contributed by atoms with E-state index in [0.717, 1.165) is 24.3 Å². The molecule has 3 atom stereocenters. The van der Waals surface area contributed by atoms with Crippen LogP contribution < -0.4 is 10.6 Å². The lowest BCUT2D eigenvalue weighted by atomic mass is 9.88. The molecule has 0 amide bonds. The number of nitrogens with two attached hydrogens (primary N) is 1. The van der Waals surface area contributed by atoms with Gasteiger partial charge >= 0.3 is 0 Å². The Balaban J connectivity index is 1.66. The van der Waals surface area contributed by atoms with Gasteiger partial charge in [0.15, 0.2) is 0 Å². The molecule has 0 heterocycles. The van der Waals surface area contributed by atoms with Crippen molar-refractivity contribution in [2.75, 3.05) is 18.0 Å². The zero-order chi connectivity index (χ0) is 13.2. The third kappa shape index (κ3) is 2.64. The molecule has 19 heavy (non-hydrogen) atoms. The fraction of sp³-hybridized carbons (Fsp3) is 0.647. The average molecular weight is 258 g/mol. The standard InChI is InChI=1S/C17H26N2/c1-2-19(17-7-4-13(11-18)5-8-17)12-16-10-14-3-6-15(16)9-14/h4-5,7-8,14-16H,2-3,6,9-12,18H2,1H3. The highest BCUT2D eigenvalue weighted by atomic mass is 15.1. The summed E-state index contributed by atoms with van der Waals surface area (Å²) in [5, 5.41) is 0. The minimum Gasteiger partial charge on any atom is -0.372 e. The molecule has 0 spiro atoms. The van der Waals surface area contributed by atoms with Gasteiger partial charge in [0.25, 0.3) is 0 Å². The Hall–Kier alpha value is -1.02. The molecule has 0 saturated heterocycles. The molecule has 1 aromatic rings. The fourth-order valence-corrected chi connectivity index (χ4v) is 4.14. The highest BCUT2D eigenvalue weighted by molar-refractivity contribution is 5.47. The molecule has 2 fully saturated rings. The first-order valence-corrected chi connectivity index (χ1v) is 7.84. The van der Waals surface area contributed by atoms with Crippen molar-refractivity contribution in [2.24, 2.45) is 23.5 Å². The topological polar surface area (TPSA) is 29.3 Å². The largest absolute Gasteiger partial charge is 0.372 e. The number of nitrogens with zero attached hydrogens (tertiary/aromatic N) is 1. The Morgan fingerprint density at radius 2 is 1.95 bits per heavy atom. The molecule has 0 aliphatic heterocycles. The Labute approximate surface area is 117 Å². The van der Waals surface area contributed by atoms with Crippen LogP contribution in [0.3, 0.4) is 0 Å². The lowest BCUT2D eigenvalue weighted by Gasteiger charge is -2.30. The van der Waals surface area contributed by atoms with Crippen molar-refractivity contribution < 1.29 is 0 Å². The molecule has 3 rings (SSSR count). The van der Waals surface area contributed by atoms with Gasteiger partial charge in [0, 0.05) is 25.3 Å². The summed E-state index contributed by atoms with van der Waals surface area (Å²) in [5.41, 5.74) is 8.25. The first-order chi connectivity index (χ1) is 9.30. The number of hydrogen-bond donors (Lipinski definition) is 1. The van der Waals surface area contributed by atoms with Gasteiger partial charge in [-0.2, -0.15) is 0 Å². The van der Waals surface area contributed by atoms with Gasteiger partial charge in [0.05, 0.1) is 0 Å². The molecule has 2 aliphatic carbocycles. The molecule has 104 valence electrons. The van der Waals surface area contributed by atoms with E-state index in [-0.39, 0.29) is 0 Å². The maximum Gasteiger partial charge on any atom is 0.0366 e. The fourth-order valence-electron chi connectivity index (χ4n) is 4.14. The van der Waals surface area contributed by atoms with Crippen molar-refractivity contribution in [1.82, 2.24) is 0 Å². The molecular weight excluding hydrogens is 232 g/mol. The molecule has 2 heteroatoms. The lowest BCUT2D eigenvalue weighted by Crippen LogP contribution is -2.31. The summed E-state index contributed by atoms with van der Waals surface area (Å²) in [6, 6.07) is 8.80. The van der Waals surface area contributed by atoms with Crippen molar-refractivity contribution in [2.45, 2.75) is 39.2 Å². The van der Waals surface area contributed by atoms with Gasteiger partial charge in [-0.25, -0.2) is 0 Å². The van der Waals surface area contributed by atoms with Gasteiger partial charge in [-0.1, -0.05) is 18.6 Å². The van der Waals surface area contributed by atoms with E-state index in [4.69, 9.17) is 5.73 Å². The van der Waals surface area contributed by atoms with Gasteiger partial charge in [-0.3, -0.25) is 0 Å². The minimum absolute atomic E-state index is 0.638. The van der Waals surface area contributed by atoms with Crippen molar-refractivity contribution in [3.8, 4) is 0 Å². The highest BCUT2D eigenvalue weighted by Crippen LogP contribution is 2.48. The van der Waals surface area contributed by atoms with E-state index in [9.17, 15) is 0 Å². The van der Waals surface area contributed by atoms with Crippen molar-refractivity contribution >= 4 is 5.69 Å². The summed E-state index contributed by atoms with van der Waals surface area (Å²) < 4.78 is 0. The number of fused-ring (bicyclic) bond motifs is 2. The first-order valence-electron chi connectivity index (χ1n) is 7.84. The minimum atomic E-state index is 0.638. The van der Waals surface area contributed by atoms with Crippen LogP contribution in [0.4, 0.5) is 5.69 Å². The highest BCUT2D eigenvalue weighted by Gasteiger charge is 2.39. The van der Waals surface area contributed by atoms with Crippen molar-refractivity contribution in [3.63, 3.8) is 0 Å². The Morgan fingerprint density at radius 1 is 1.16 bits per heavy atom. The Kier molecular flexibility index (Phi) is 3.79. The number of benzene rings is 1. The number of anilines is 1. The molecule has 2 saturated carbocycles. The van der Waals surface area contributed by atoms with Crippen LogP contribution in [0.5, 0.6) is 0 Å². The van der Waals surface area contributed by atoms with E-state index in [0.29, 0.717) is 6.54 Å². The predicted molar refractivity (Wildman–Crippen MR) is 81.2 cm³/mol. The van der Waals surface area contributed by atoms with E-state index in [2.05, 4.69) is 36.1 Å². The average Bonchev–Trinajstić information content (AvgIpc) is 3.07. The van der Waals surface area contributed by atoms with E-state index < -0.39 is 0 Å². The van der Waals surface area contributed by atoms with Crippen LogP contribution in [0.15, 0.2) is 24.3 Å². The smallest absolute Gasteiger partial charge is 0.0366 e. The molecular formula is C17H26N2. The van der Waals surface area contributed by atoms with E-state index in [1.54, 1.807) is 0 Å². The summed E-state index contributed by atoms with van der Waals surface area (Å²) in [5.74, 6) is 3.00. The van der Waals surface area contributed by atoms with Gasteiger partial charge in [0.1, 0.15) is 0 Å². The Bertz CT molecular complexity index is 412. The second kappa shape index (κ2) is 5.54. The molecule has 3 unspecified atom stereocenters. The molecule has 2 aliphatic rings. The second-order valence-electron chi connectivity index (χ2n) is 6.34. The quantitative estimate of drug-likeness (QED) is 0.877. The van der Waals surface area contributed by atoms with Crippen LogP contribution in [0.2, 0.25) is 0 Å². The van der Waals surface area contributed by atoms with Crippen LogP contribution in [0, 0.1) is 17.8 Å². The lowest BCUT2D eigenvalue weighted by molar-refractivity contribution is 0.335. The predicted octanol–water partition coefficient (Wildman–Crippen LogP) is 3.41. The second-order valence-corrected chi connectivity index (χ2v) is 6.34. The Morgan fingerprint density at radius 3 is 2.47 bits per heavy atom. The maximum atomic E-state index is 5.67. The van der Waals surface area contributed by atoms with Crippen LogP contribution in [-0.2, 0) is 6.54 Å². The zero-order valence-electron chi connectivity index (χ0n) is 12.0. The first kappa shape index (κ1) is 13.0. The van der Waals surface area contributed by atoms with Crippen molar-refractivity contribution in [3.05, 3.63) is 29.8 Å². The molecule has 1 aromatic carbocycles.